The summed E-state index contributed by atoms with van der Waals surface area (Å²) < 4.78 is 17.2. The largest absolute Gasteiger partial charge is 0.469 e. The van der Waals surface area contributed by atoms with E-state index in [1.54, 1.807) is 0 Å². The lowest BCUT2D eigenvalue weighted by Gasteiger charge is -2.46. The number of hydrogen-bond acceptors (Lipinski definition) is 7. The lowest BCUT2D eigenvalue weighted by atomic mass is 9.83. The van der Waals surface area contributed by atoms with E-state index in [0.717, 1.165) is 38.5 Å². The zero-order valence-electron chi connectivity index (χ0n) is 31.2. The molecule has 1 aliphatic rings. The number of aliphatic hydroxyl groups is 2. The van der Waals surface area contributed by atoms with Crippen LogP contribution in [0.2, 0.25) is 16.6 Å². The zero-order valence-corrected chi connectivity index (χ0v) is 32.2. The SMILES string of the molecule is COC(=O)C[C@H](O)[C@@H](C)C[C@@H](C)C[C@@H](C)C[C@H](C)[C@@H](O)C#C/C=C/C[C@H](O[Si](C(C)C)(C(C)C)C(C)C)[C@@H]1CCC[C@H]1C(=O)OC. The maximum Gasteiger partial charge on any atom is 0.309 e. The van der Waals surface area contributed by atoms with E-state index in [1.165, 1.54) is 14.2 Å². The molecule has 0 unspecified atom stereocenters. The van der Waals surface area contributed by atoms with Crippen molar-refractivity contribution >= 4 is 20.3 Å². The molecule has 1 fully saturated rings. The number of hydrogen-bond donors (Lipinski definition) is 2. The summed E-state index contributed by atoms with van der Waals surface area (Å²) in [5.74, 6) is 6.39. The van der Waals surface area contributed by atoms with E-state index in [9.17, 15) is 19.8 Å². The maximum atomic E-state index is 12.7. The summed E-state index contributed by atoms with van der Waals surface area (Å²) in [6.45, 7) is 22.1. The molecule has 46 heavy (non-hydrogen) atoms. The highest BCUT2D eigenvalue weighted by Crippen LogP contribution is 2.46. The lowest BCUT2D eigenvalue weighted by Crippen LogP contribution is -2.52. The molecule has 2 N–H and O–H groups in total. The molecule has 0 aromatic rings. The second-order valence-corrected chi connectivity index (χ2v) is 20.7. The predicted molar refractivity (Wildman–Crippen MR) is 189 cm³/mol. The molecule has 0 spiro atoms. The van der Waals surface area contributed by atoms with Gasteiger partial charge in [-0.25, -0.2) is 0 Å². The normalized spacial score (nSPS) is 21.8. The van der Waals surface area contributed by atoms with Crippen molar-refractivity contribution in [2.45, 2.75) is 156 Å². The van der Waals surface area contributed by atoms with E-state index in [-0.39, 0.29) is 48.1 Å². The zero-order chi connectivity index (χ0) is 35.2. The van der Waals surface area contributed by atoms with Crippen LogP contribution in [-0.2, 0) is 23.5 Å². The van der Waals surface area contributed by atoms with Crippen molar-refractivity contribution in [3.05, 3.63) is 12.2 Å². The Balaban J connectivity index is 2.88. The van der Waals surface area contributed by atoms with Crippen LogP contribution in [0, 0.1) is 47.3 Å². The topological polar surface area (TPSA) is 102 Å². The number of aliphatic hydroxyl groups excluding tert-OH is 2. The van der Waals surface area contributed by atoms with E-state index in [0.29, 0.717) is 34.9 Å². The summed E-state index contributed by atoms with van der Waals surface area (Å²) in [5, 5.41) is 21.1. The minimum Gasteiger partial charge on any atom is -0.469 e. The van der Waals surface area contributed by atoms with E-state index in [4.69, 9.17) is 9.16 Å². The number of methoxy groups -OCH3 is 2. The molecule has 0 saturated heterocycles. The third-order valence-corrected chi connectivity index (χ3v) is 16.7. The molecule has 0 amide bonds. The van der Waals surface area contributed by atoms with Gasteiger partial charge in [0.1, 0.15) is 6.10 Å². The van der Waals surface area contributed by atoms with Crippen LogP contribution in [0.3, 0.4) is 0 Å². The minimum atomic E-state index is -2.18. The van der Waals surface area contributed by atoms with Crippen molar-refractivity contribution in [3.8, 4) is 11.8 Å². The van der Waals surface area contributed by atoms with Crippen molar-refractivity contribution in [1.29, 1.82) is 0 Å². The molecule has 0 aliphatic heterocycles. The monoisotopic (exact) mass is 664 g/mol. The molecule has 266 valence electrons. The van der Waals surface area contributed by atoms with E-state index >= 15 is 0 Å². The first kappa shape index (κ1) is 42.4. The fourth-order valence-corrected chi connectivity index (χ4v) is 13.9. The first-order valence-corrected chi connectivity index (χ1v) is 20.0. The fourth-order valence-electron chi connectivity index (χ4n) is 8.29. The molecule has 1 saturated carbocycles. The van der Waals surface area contributed by atoms with E-state index < -0.39 is 20.5 Å². The Kier molecular flexibility index (Phi) is 19.0. The molecular weight excluding hydrogens is 596 g/mol. The molecule has 0 heterocycles. The molecule has 1 rings (SSSR count). The highest BCUT2D eigenvalue weighted by Gasteiger charge is 2.49. The third-order valence-electron chi connectivity index (χ3n) is 10.6. The summed E-state index contributed by atoms with van der Waals surface area (Å²) in [6.07, 6.45) is 8.56. The highest BCUT2D eigenvalue weighted by molar-refractivity contribution is 6.77. The van der Waals surface area contributed by atoms with Gasteiger partial charge in [-0.05, 0) is 90.8 Å². The van der Waals surface area contributed by atoms with Crippen molar-refractivity contribution in [2.75, 3.05) is 14.2 Å². The van der Waals surface area contributed by atoms with Gasteiger partial charge >= 0.3 is 11.9 Å². The molecule has 0 radical (unpaired) electrons. The van der Waals surface area contributed by atoms with Gasteiger partial charge in [0.25, 0.3) is 0 Å². The Morgan fingerprint density at radius 3 is 1.91 bits per heavy atom. The number of ether oxygens (including phenoxy) is 2. The Hall–Kier alpha value is -1.66. The Labute approximate surface area is 282 Å². The standard InChI is InChI=1S/C38H68O7Si/c1-25(2)46(26(3)4,27(5)6)45-36(32-17-16-18-33(32)38(42)44-12)20-15-13-14-19-34(39)30(9)22-28(7)21-29(8)23-31(10)35(40)24-37(41)43-11/h13,15,25-36,39-40H,16-18,20-24H2,1-12H3/b15-13+/t28-,29+,30+,31+,32-,33-,34+,35+,36+/m1/s1. The van der Waals surface area contributed by atoms with E-state index in [2.05, 4.69) is 78.0 Å². The third kappa shape index (κ3) is 12.7. The second kappa shape index (κ2) is 20.6. The Morgan fingerprint density at radius 2 is 1.39 bits per heavy atom. The average Bonchev–Trinajstić information content (AvgIpc) is 3.46. The van der Waals surface area contributed by atoms with Gasteiger partial charge in [-0.2, -0.15) is 0 Å². The van der Waals surface area contributed by atoms with Crippen molar-refractivity contribution in [3.63, 3.8) is 0 Å². The quantitative estimate of drug-likeness (QED) is 0.0818. The summed E-state index contributed by atoms with van der Waals surface area (Å²) in [7, 11) is 0.639. The van der Waals surface area contributed by atoms with Crippen molar-refractivity contribution in [1.82, 2.24) is 0 Å². The van der Waals surface area contributed by atoms with Gasteiger partial charge in [-0.3, -0.25) is 9.59 Å². The lowest BCUT2D eigenvalue weighted by molar-refractivity contribution is -0.148. The van der Waals surface area contributed by atoms with Crippen LogP contribution >= 0.6 is 0 Å². The predicted octanol–water partition coefficient (Wildman–Crippen LogP) is 8.09. The Bertz CT molecular complexity index is 975. The van der Waals surface area contributed by atoms with Crippen LogP contribution in [0.5, 0.6) is 0 Å². The molecule has 8 heteroatoms. The van der Waals surface area contributed by atoms with Crippen LogP contribution in [0.15, 0.2) is 12.2 Å². The van der Waals surface area contributed by atoms with Gasteiger partial charge < -0.3 is 24.1 Å². The molecule has 9 atom stereocenters. The summed E-state index contributed by atoms with van der Waals surface area (Å²) in [5.41, 5.74) is 1.33. The number of carbonyl (C=O) groups is 2. The van der Waals surface area contributed by atoms with Crippen molar-refractivity contribution in [2.24, 2.45) is 35.5 Å². The molecule has 0 bridgehead atoms. The minimum absolute atomic E-state index is 0.00636. The first-order valence-electron chi connectivity index (χ1n) is 17.9. The Morgan fingerprint density at radius 1 is 0.826 bits per heavy atom. The van der Waals surface area contributed by atoms with Gasteiger partial charge in [-0.15, -0.1) is 0 Å². The number of esters is 2. The maximum absolute atomic E-state index is 12.7. The van der Waals surface area contributed by atoms with Crippen LogP contribution < -0.4 is 0 Å². The number of allylic oxidation sites excluding steroid dienone is 1. The van der Waals surface area contributed by atoms with Gasteiger partial charge in [0.15, 0.2) is 0 Å². The van der Waals surface area contributed by atoms with Gasteiger partial charge in [0.05, 0.1) is 38.8 Å². The van der Waals surface area contributed by atoms with Gasteiger partial charge in [0, 0.05) is 0 Å². The smallest absolute Gasteiger partial charge is 0.309 e. The second-order valence-electron chi connectivity index (χ2n) is 15.3. The number of carbonyl (C=O) groups excluding carboxylic acids is 2. The van der Waals surface area contributed by atoms with Crippen molar-refractivity contribution < 1.29 is 33.7 Å². The van der Waals surface area contributed by atoms with Gasteiger partial charge in [-0.1, -0.05) is 93.6 Å². The van der Waals surface area contributed by atoms with Crippen LogP contribution in [0.1, 0.15) is 121 Å². The summed E-state index contributed by atoms with van der Waals surface area (Å²) in [4.78, 5) is 24.2. The fraction of sp³-hybridized carbons (Fsp3) is 0.842. The summed E-state index contributed by atoms with van der Waals surface area (Å²) in [6, 6.07) is 0. The van der Waals surface area contributed by atoms with Crippen LogP contribution in [-0.4, -0.2) is 63.0 Å². The molecule has 1 aliphatic carbocycles. The van der Waals surface area contributed by atoms with E-state index in [1.807, 2.05) is 19.9 Å². The summed E-state index contributed by atoms with van der Waals surface area (Å²) >= 11 is 0. The molecular formula is C38H68O7Si. The van der Waals surface area contributed by atoms with Crippen LogP contribution in [0.25, 0.3) is 0 Å². The molecule has 0 aromatic carbocycles. The average molecular weight is 665 g/mol. The van der Waals surface area contributed by atoms with Crippen LogP contribution in [0.4, 0.5) is 0 Å². The van der Waals surface area contributed by atoms with Gasteiger partial charge in [0.2, 0.25) is 8.32 Å². The first-order chi connectivity index (χ1) is 21.5. The number of rotatable bonds is 19. The molecule has 0 aromatic heterocycles. The highest BCUT2D eigenvalue weighted by atomic mass is 28.4. The molecule has 7 nitrogen and oxygen atoms in total.